The smallest absolute Gasteiger partial charge is 0.345 e. The van der Waals surface area contributed by atoms with Gasteiger partial charge in [0, 0.05) is 40.3 Å². The molecule has 0 radical (unpaired) electrons. The largest absolute Gasteiger partial charge is 0.480 e. The number of halogens is 2. The summed E-state index contributed by atoms with van der Waals surface area (Å²) in [5, 5.41) is 13.6. The molecule has 31 heavy (non-hydrogen) atoms. The van der Waals surface area contributed by atoms with E-state index < -0.39 is 43.1 Å². The summed E-state index contributed by atoms with van der Waals surface area (Å²) in [6.45, 7) is -3.80. The molecule has 1 aliphatic heterocycles. The number of para-hydroxylation sites is 1. The Kier molecular flexibility index (Phi) is 5.55. The van der Waals surface area contributed by atoms with Crippen molar-refractivity contribution in [2.75, 3.05) is 13.1 Å². The molecule has 8 nitrogen and oxygen atoms in total. The van der Waals surface area contributed by atoms with Crippen molar-refractivity contribution in [1.82, 2.24) is 15.2 Å². The van der Waals surface area contributed by atoms with Gasteiger partial charge in [-0.05, 0) is 24.3 Å². The molecule has 162 valence electrons. The van der Waals surface area contributed by atoms with Crippen molar-refractivity contribution in [2.45, 2.75) is 25.2 Å². The first-order valence-corrected chi connectivity index (χ1v) is 9.58. The summed E-state index contributed by atoms with van der Waals surface area (Å²) in [6, 6.07) is 11.4. The van der Waals surface area contributed by atoms with Gasteiger partial charge in [0.2, 0.25) is 5.91 Å². The number of aromatic amines is 1. The first kappa shape index (κ1) is 20.7. The molecule has 1 aromatic heterocycles. The fourth-order valence-corrected chi connectivity index (χ4v) is 3.90. The van der Waals surface area contributed by atoms with E-state index in [-0.39, 0.29) is 13.0 Å². The molecule has 0 aliphatic carbocycles. The fourth-order valence-electron chi connectivity index (χ4n) is 3.90. The van der Waals surface area contributed by atoms with E-state index in [4.69, 9.17) is 0 Å². The Morgan fingerprint density at radius 3 is 2.65 bits per heavy atom. The van der Waals surface area contributed by atoms with Crippen LogP contribution in [0.4, 0.5) is 8.78 Å². The van der Waals surface area contributed by atoms with Gasteiger partial charge in [-0.2, -0.15) is 8.78 Å². The van der Waals surface area contributed by atoms with E-state index in [1.165, 1.54) is 0 Å². The third kappa shape index (κ3) is 4.19. The number of nitrogens with one attached hydrogen (secondary N) is 2. The summed E-state index contributed by atoms with van der Waals surface area (Å²) in [7, 11) is 0. The first-order valence-electron chi connectivity index (χ1n) is 9.58. The number of carboxylic acids is 1. The lowest BCUT2D eigenvalue weighted by Crippen LogP contribution is -2.45. The maximum Gasteiger partial charge on any atom is 0.345 e. The molecular formula is C21H19F2N3O5. The van der Waals surface area contributed by atoms with E-state index >= 15 is 0 Å². The molecule has 2 aromatic carbocycles. The van der Waals surface area contributed by atoms with Crippen molar-refractivity contribution in [3.63, 3.8) is 0 Å². The van der Waals surface area contributed by atoms with Gasteiger partial charge in [0.25, 0.3) is 5.91 Å². The van der Waals surface area contributed by atoms with Gasteiger partial charge in [-0.3, -0.25) is 9.59 Å². The van der Waals surface area contributed by atoms with Gasteiger partial charge >= 0.3 is 12.6 Å². The number of aliphatic carboxylic acids is 1. The lowest BCUT2D eigenvalue weighted by atomic mass is 10.1. The molecule has 0 unspecified atom stereocenters. The lowest BCUT2D eigenvalue weighted by molar-refractivity contribution is -0.160. The van der Waals surface area contributed by atoms with Crippen LogP contribution in [-0.4, -0.2) is 64.6 Å². The van der Waals surface area contributed by atoms with Gasteiger partial charge in [0.05, 0.1) is 12.6 Å². The molecule has 1 saturated heterocycles. The molecule has 2 amide bonds. The van der Waals surface area contributed by atoms with Crippen LogP contribution in [0.2, 0.25) is 0 Å². The van der Waals surface area contributed by atoms with Gasteiger partial charge in [0.15, 0.2) is 0 Å². The van der Waals surface area contributed by atoms with Crippen molar-refractivity contribution in [1.29, 1.82) is 0 Å². The molecule has 1 fully saturated rings. The Morgan fingerprint density at radius 1 is 1.16 bits per heavy atom. The van der Waals surface area contributed by atoms with Crippen LogP contribution >= 0.6 is 0 Å². The van der Waals surface area contributed by atoms with Crippen molar-refractivity contribution >= 4 is 39.6 Å². The monoisotopic (exact) mass is 431 g/mol. The zero-order valence-electron chi connectivity index (χ0n) is 16.2. The number of aromatic nitrogens is 1. The van der Waals surface area contributed by atoms with Gasteiger partial charge in [-0.25, -0.2) is 4.79 Å². The van der Waals surface area contributed by atoms with Crippen LogP contribution in [0, 0.1) is 0 Å². The SMILES string of the molecule is O=C(NCC(=O)N1C[C@H](OC(F)F)C[C@H]1C(=O)O)c1ccc2[nH]c3ccccc3c2c1. The zero-order valence-corrected chi connectivity index (χ0v) is 16.2. The molecule has 0 bridgehead atoms. The van der Waals surface area contributed by atoms with Crippen LogP contribution in [0.15, 0.2) is 42.5 Å². The number of likely N-dealkylation sites (tertiary alicyclic amines) is 1. The number of fused-ring (bicyclic) bond motifs is 3. The van der Waals surface area contributed by atoms with Gasteiger partial charge in [-0.15, -0.1) is 0 Å². The fraction of sp³-hybridized carbons (Fsp3) is 0.286. The molecule has 0 saturated carbocycles. The number of carboxylic acid groups (broad SMARTS) is 1. The third-order valence-corrected chi connectivity index (χ3v) is 5.33. The second-order valence-electron chi connectivity index (χ2n) is 7.27. The number of benzene rings is 2. The Labute approximate surface area is 174 Å². The number of amides is 2. The predicted molar refractivity (Wildman–Crippen MR) is 107 cm³/mol. The Hall–Kier alpha value is -3.53. The highest BCUT2D eigenvalue weighted by Gasteiger charge is 2.41. The van der Waals surface area contributed by atoms with Crippen molar-refractivity contribution in [2.24, 2.45) is 0 Å². The molecule has 0 spiro atoms. The normalized spacial score (nSPS) is 18.7. The topological polar surface area (TPSA) is 112 Å². The average Bonchev–Trinajstić information content (AvgIpc) is 3.32. The molecular weight excluding hydrogens is 412 g/mol. The van der Waals surface area contributed by atoms with E-state index in [1.807, 2.05) is 24.3 Å². The number of carbonyl (C=O) groups excluding carboxylic acids is 2. The maximum absolute atomic E-state index is 12.6. The Balaban J connectivity index is 1.44. The minimum Gasteiger partial charge on any atom is -0.480 e. The van der Waals surface area contributed by atoms with Crippen LogP contribution in [0.25, 0.3) is 21.8 Å². The van der Waals surface area contributed by atoms with E-state index in [0.717, 1.165) is 26.7 Å². The van der Waals surface area contributed by atoms with E-state index in [2.05, 4.69) is 15.0 Å². The van der Waals surface area contributed by atoms with Crippen LogP contribution in [0.3, 0.4) is 0 Å². The molecule has 2 heterocycles. The molecule has 10 heteroatoms. The highest BCUT2D eigenvalue weighted by Crippen LogP contribution is 2.26. The number of ether oxygens (including phenoxy) is 1. The van der Waals surface area contributed by atoms with Crippen LogP contribution in [0.1, 0.15) is 16.8 Å². The number of carbonyl (C=O) groups is 3. The predicted octanol–water partition coefficient (Wildman–Crippen LogP) is 2.34. The summed E-state index contributed by atoms with van der Waals surface area (Å²) >= 11 is 0. The first-order chi connectivity index (χ1) is 14.8. The van der Waals surface area contributed by atoms with Gasteiger partial charge < -0.3 is 25.0 Å². The third-order valence-electron chi connectivity index (χ3n) is 5.33. The van der Waals surface area contributed by atoms with E-state index in [1.54, 1.807) is 18.2 Å². The van der Waals surface area contributed by atoms with E-state index in [9.17, 15) is 28.3 Å². The zero-order chi connectivity index (χ0) is 22.1. The van der Waals surface area contributed by atoms with Gasteiger partial charge in [0.1, 0.15) is 6.04 Å². The number of nitrogens with zero attached hydrogens (tertiary/aromatic N) is 1. The van der Waals surface area contributed by atoms with Crippen molar-refractivity contribution < 1.29 is 33.0 Å². The summed E-state index contributed by atoms with van der Waals surface area (Å²) in [5.41, 5.74) is 2.12. The molecule has 1 aliphatic rings. The van der Waals surface area contributed by atoms with Crippen molar-refractivity contribution in [3.8, 4) is 0 Å². The number of hydrogen-bond acceptors (Lipinski definition) is 4. The number of rotatable bonds is 6. The minimum absolute atomic E-state index is 0.239. The molecule has 3 N–H and O–H groups in total. The second kappa shape index (κ2) is 8.31. The molecule has 2 atom stereocenters. The lowest BCUT2D eigenvalue weighted by Gasteiger charge is -2.21. The highest BCUT2D eigenvalue weighted by atomic mass is 19.3. The summed E-state index contributed by atoms with van der Waals surface area (Å²) in [5.74, 6) is -2.51. The highest BCUT2D eigenvalue weighted by molar-refractivity contribution is 6.10. The molecule has 3 aromatic rings. The van der Waals surface area contributed by atoms with Crippen molar-refractivity contribution in [3.05, 3.63) is 48.0 Å². The van der Waals surface area contributed by atoms with Crippen LogP contribution < -0.4 is 5.32 Å². The average molecular weight is 431 g/mol. The van der Waals surface area contributed by atoms with Gasteiger partial charge in [-0.1, -0.05) is 18.2 Å². The van der Waals surface area contributed by atoms with Crippen LogP contribution in [0.5, 0.6) is 0 Å². The summed E-state index contributed by atoms with van der Waals surface area (Å²) < 4.78 is 29.2. The number of hydrogen-bond donors (Lipinski definition) is 3. The minimum atomic E-state index is -3.06. The number of alkyl halides is 2. The second-order valence-corrected chi connectivity index (χ2v) is 7.27. The standard InChI is InChI=1S/C21H19F2N3O5/c22-21(23)31-12-8-17(20(29)30)26(10-12)18(27)9-24-19(28)11-5-6-16-14(7-11)13-3-1-2-4-15(13)25-16/h1-7,12,17,21,25H,8-10H2,(H,24,28)(H,29,30)/t12-,17+/m1/s1. The molecule has 4 rings (SSSR count). The summed E-state index contributed by atoms with van der Waals surface area (Å²) in [4.78, 5) is 40.6. The maximum atomic E-state index is 12.6. The Morgan fingerprint density at radius 2 is 1.90 bits per heavy atom. The quantitative estimate of drug-likeness (QED) is 0.555. The van der Waals surface area contributed by atoms with Crippen LogP contribution in [-0.2, 0) is 14.3 Å². The van der Waals surface area contributed by atoms with E-state index in [0.29, 0.717) is 5.56 Å². The number of H-pyrrole nitrogens is 1. The Bertz CT molecular complexity index is 1160. The summed E-state index contributed by atoms with van der Waals surface area (Å²) in [6.07, 6.45) is -1.32.